The largest absolute Gasteiger partial charge is 0.399 e. The standard InChI is InChI=1S/C29H35NO7S/c1-29(23-30-33-2,36-21-26-17-11-6-12-18-26)28(35-20-25-15-9-5-10-16-25)27(37-38(3,31)32)22-34-19-24-13-7-4-8-14-24/h4-18,23,27-28H,19-22H2,1-3H3. The van der Waals surface area contributed by atoms with Crippen LogP contribution in [0.4, 0.5) is 0 Å². The first kappa shape index (κ1) is 29.5. The summed E-state index contributed by atoms with van der Waals surface area (Å²) in [6.45, 7) is 2.34. The van der Waals surface area contributed by atoms with Crippen LogP contribution in [0.5, 0.6) is 0 Å². The van der Waals surface area contributed by atoms with Crippen LogP contribution < -0.4 is 0 Å². The normalized spacial score (nSPS) is 15.1. The SMILES string of the molecule is CON=CC(C)(OCc1ccccc1)C(OCc1ccccc1)C(COCc1ccccc1)OS(C)(=O)=O. The number of rotatable bonds is 16. The molecule has 0 spiro atoms. The molecular weight excluding hydrogens is 506 g/mol. The minimum absolute atomic E-state index is 0.0769. The molecule has 3 rings (SSSR count). The minimum atomic E-state index is -3.89. The third kappa shape index (κ3) is 10.00. The van der Waals surface area contributed by atoms with E-state index in [9.17, 15) is 8.42 Å². The summed E-state index contributed by atoms with van der Waals surface area (Å²) in [5, 5.41) is 3.96. The van der Waals surface area contributed by atoms with Gasteiger partial charge >= 0.3 is 0 Å². The molecule has 0 aliphatic heterocycles. The summed E-state index contributed by atoms with van der Waals surface area (Å²) in [6.07, 6.45) is 0.454. The van der Waals surface area contributed by atoms with Gasteiger partial charge in [0.2, 0.25) is 0 Å². The van der Waals surface area contributed by atoms with E-state index < -0.39 is 27.9 Å². The molecule has 0 saturated heterocycles. The van der Waals surface area contributed by atoms with E-state index in [4.69, 9.17) is 23.2 Å². The van der Waals surface area contributed by atoms with Gasteiger partial charge in [0.25, 0.3) is 10.1 Å². The Morgan fingerprint density at radius 1 is 0.816 bits per heavy atom. The number of oxime groups is 1. The molecule has 0 saturated carbocycles. The highest BCUT2D eigenvalue weighted by Gasteiger charge is 2.43. The van der Waals surface area contributed by atoms with Gasteiger partial charge in [0.05, 0.1) is 38.9 Å². The molecule has 38 heavy (non-hydrogen) atoms. The van der Waals surface area contributed by atoms with Gasteiger partial charge in [0.15, 0.2) is 0 Å². The molecule has 9 heteroatoms. The van der Waals surface area contributed by atoms with E-state index in [0.29, 0.717) is 0 Å². The summed E-state index contributed by atoms with van der Waals surface area (Å²) in [7, 11) is -2.47. The zero-order valence-corrected chi connectivity index (χ0v) is 22.8. The minimum Gasteiger partial charge on any atom is -0.399 e. The molecular formula is C29H35NO7S. The Labute approximate surface area is 225 Å². The number of benzene rings is 3. The van der Waals surface area contributed by atoms with Crippen LogP contribution in [0.3, 0.4) is 0 Å². The van der Waals surface area contributed by atoms with Crippen molar-refractivity contribution in [3.8, 4) is 0 Å². The molecule has 3 aromatic rings. The van der Waals surface area contributed by atoms with Crippen LogP contribution in [-0.2, 0) is 53.2 Å². The van der Waals surface area contributed by atoms with Crippen LogP contribution in [0.25, 0.3) is 0 Å². The smallest absolute Gasteiger partial charge is 0.264 e. The second-order valence-corrected chi connectivity index (χ2v) is 10.5. The highest BCUT2D eigenvalue weighted by atomic mass is 32.2. The molecule has 0 N–H and O–H groups in total. The summed E-state index contributed by atoms with van der Waals surface area (Å²) >= 11 is 0. The molecule has 0 fully saturated rings. The Balaban J connectivity index is 1.92. The monoisotopic (exact) mass is 541 g/mol. The topological polar surface area (TPSA) is 92.7 Å². The second-order valence-electron chi connectivity index (χ2n) is 8.93. The van der Waals surface area contributed by atoms with Crippen molar-refractivity contribution in [2.75, 3.05) is 20.0 Å². The first-order valence-electron chi connectivity index (χ1n) is 12.2. The van der Waals surface area contributed by atoms with Gasteiger partial charge in [-0.25, -0.2) is 0 Å². The molecule has 3 unspecified atom stereocenters. The summed E-state index contributed by atoms with van der Waals surface area (Å²) in [5.41, 5.74) is 1.50. The summed E-state index contributed by atoms with van der Waals surface area (Å²) in [4.78, 5) is 4.97. The first-order valence-corrected chi connectivity index (χ1v) is 14.0. The highest BCUT2D eigenvalue weighted by molar-refractivity contribution is 7.86. The maximum Gasteiger partial charge on any atom is 0.264 e. The maximum atomic E-state index is 12.3. The lowest BCUT2D eigenvalue weighted by Crippen LogP contribution is -2.54. The predicted molar refractivity (Wildman–Crippen MR) is 146 cm³/mol. The second kappa shape index (κ2) is 14.8. The van der Waals surface area contributed by atoms with Crippen LogP contribution in [0.1, 0.15) is 23.6 Å². The molecule has 0 bridgehead atoms. The zero-order chi connectivity index (χ0) is 27.3. The van der Waals surface area contributed by atoms with Crippen molar-refractivity contribution in [1.29, 1.82) is 0 Å². The molecule has 0 amide bonds. The van der Waals surface area contributed by atoms with Crippen LogP contribution >= 0.6 is 0 Å². The van der Waals surface area contributed by atoms with Crippen LogP contribution in [0.2, 0.25) is 0 Å². The highest BCUT2D eigenvalue weighted by Crippen LogP contribution is 2.27. The van der Waals surface area contributed by atoms with Crippen molar-refractivity contribution in [1.82, 2.24) is 0 Å². The molecule has 0 heterocycles. The first-order chi connectivity index (χ1) is 18.3. The van der Waals surface area contributed by atoms with Crippen molar-refractivity contribution in [3.05, 3.63) is 108 Å². The fourth-order valence-electron chi connectivity index (χ4n) is 3.82. The quantitative estimate of drug-likeness (QED) is 0.147. The van der Waals surface area contributed by atoms with Gasteiger partial charge in [-0.15, -0.1) is 0 Å². The van der Waals surface area contributed by atoms with Gasteiger partial charge in [0.1, 0.15) is 24.9 Å². The Kier molecular flexibility index (Phi) is 11.4. The number of hydrogen-bond acceptors (Lipinski definition) is 8. The Morgan fingerprint density at radius 2 is 1.32 bits per heavy atom. The molecule has 3 aromatic carbocycles. The van der Waals surface area contributed by atoms with Crippen LogP contribution in [0, 0.1) is 0 Å². The lowest BCUT2D eigenvalue weighted by atomic mass is 9.95. The van der Waals surface area contributed by atoms with Gasteiger partial charge in [-0.05, 0) is 23.6 Å². The lowest BCUT2D eigenvalue weighted by Gasteiger charge is -2.38. The van der Waals surface area contributed by atoms with E-state index >= 15 is 0 Å². The van der Waals surface area contributed by atoms with Crippen molar-refractivity contribution in [2.45, 2.75) is 44.6 Å². The lowest BCUT2D eigenvalue weighted by molar-refractivity contribution is -0.156. The van der Waals surface area contributed by atoms with Gasteiger partial charge in [0, 0.05) is 0 Å². The molecule has 0 aromatic heterocycles. The molecule has 8 nitrogen and oxygen atoms in total. The summed E-state index contributed by atoms with van der Waals surface area (Å²) in [6, 6.07) is 28.7. The van der Waals surface area contributed by atoms with Crippen molar-refractivity contribution < 1.29 is 31.6 Å². The summed E-state index contributed by atoms with van der Waals surface area (Å²) < 4.78 is 48.8. The molecule has 0 radical (unpaired) electrons. The van der Waals surface area contributed by atoms with Crippen LogP contribution in [-0.4, -0.2) is 52.4 Å². The Hall–Kier alpha value is -3.08. The van der Waals surface area contributed by atoms with E-state index in [1.54, 1.807) is 6.92 Å². The van der Waals surface area contributed by atoms with Gasteiger partial charge in [-0.3, -0.25) is 4.18 Å². The van der Waals surface area contributed by atoms with Crippen molar-refractivity contribution in [2.24, 2.45) is 5.16 Å². The van der Waals surface area contributed by atoms with Gasteiger partial charge in [-0.1, -0.05) is 96.2 Å². The number of hydrogen-bond donors (Lipinski definition) is 0. The van der Waals surface area contributed by atoms with E-state index in [2.05, 4.69) is 5.16 Å². The average Bonchev–Trinajstić information content (AvgIpc) is 2.92. The third-order valence-electron chi connectivity index (χ3n) is 5.67. The Morgan fingerprint density at radius 3 is 1.82 bits per heavy atom. The van der Waals surface area contributed by atoms with Crippen molar-refractivity contribution >= 4 is 16.3 Å². The predicted octanol–water partition coefficient (Wildman–Crippen LogP) is 4.74. The van der Waals surface area contributed by atoms with Gasteiger partial charge in [-0.2, -0.15) is 8.42 Å². The Bertz CT molecular complexity index is 1210. The molecule has 3 atom stereocenters. The van der Waals surface area contributed by atoms with E-state index in [-0.39, 0.29) is 26.4 Å². The van der Waals surface area contributed by atoms with Gasteiger partial charge < -0.3 is 19.0 Å². The zero-order valence-electron chi connectivity index (χ0n) is 21.9. The fraction of sp³-hybridized carbons (Fsp3) is 0.345. The maximum absolute atomic E-state index is 12.3. The van der Waals surface area contributed by atoms with E-state index in [1.165, 1.54) is 13.3 Å². The van der Waals surface area contributed by atoms with E-state index in [1.807, 2.05) is 91.0 Å². The number of ether oxygens (including phenoxy) is 3. The van der Waals surface area contributed by atoms with Crippen molar-refractivity contribution in [3.63, 3.8) is 0 Å². The van der Waals surface area contributed by atoms with Crippen LogP contribution in [0.15, 0.2) is 96.2 Å². The third-order valence-corrected chi connectivity index (χ3v) is 6.27. The molecule has 0 aliphatic carbocycles. The summed E-state index contributed by atoms with van der Waals surface area (Å²) in [5.74, 6) is 0. The average molecular weight is 542 g/mol. The van der Waals surface area contributed by atoms with E-state index in [0.717, 1.165) is 22.9 Å². The fourth-order valence-corrected chi connectivity index (χ4v) is 4.43. The molecule has 204 valence electrons. The molecule has 0 aliphatic rings. The number of nitrogens with zero attached hydrogens (tertiary/aromatic N) is 1.